The number of amides is 1. The fourth-order valence-electron chi connectivity index (χ4n) is 2.93. The summed E-state index contributed by atoms with van der Waals surface area (Å²) in [6.45, 7) is 3.45. The molecule has 1 heterocycles. The van der Waals surface area contributed by atoms with E-state index in [1.54, 1.807) is 25.3 Å². The van der Waals surface area contributed by atoms with Crippen LogP contribution in [0.25, 0.3) is 0 Å². The molecule has 1 aromatic heterocycles. The molecule has 4 aromatic rings. The number of aromatic nitrogens is 3. The van der Waals surface area contributed by atoms with Crippen molar-refractivity contribution >= 4 is 34.9 Å². The molecule has 3 aromatic carbocycles. The third kappa shape index (κ3) is 6.07. The van der Waals surface area contributed by atoms with E-state index in [0.29, 0.717) is 34.8 Å². The molecule has 0 spiro atoms. The monoisotopic (exact) mass is 454 g/mol. The number of rotatable bonds is 9. The Morgan fingerprint density at radius 2 is 1.41 bits per heavy atom. The summed E-state index contributed by atoms with van der Waals surface area (Å²) in [6.07, 6.45) is 2.62. The first-order valence-corrected chi connectivity index (χ1v) is 10.3. The summed E-state index contributed by atoms with van der Waals surface area (Å²) in [4.78, 5) is 24.2. The number of carbonyl (C=O) groups excluding carboxylic acids is 1. The van der Waals surface area contributed by atoms with Crippen LogP contribution in [0.15, 0.2) is 91.8 Å². The van der Waals surface area contributed by atoms with Gasteiger partial charge in [0, 0.05) is 17.1 Å². The standard InChI is InChI=1S/C25H22N6O3/c1-3-23(32)28-18-5-4-6-19(15-18)30-25-27-16-26-24(31-25)29-17-7-9-21(10-8-17)34-22-13-11-20(33-2)12-14-22/h3-16H,1H2,2H3,(H,28,32)(H2,26,27,29,30,31). The Bertz CT molecular complexity index is 1280. The lowest BCUT2D eigenvalue weighted by Gasteiger charge is -2.10. The number of hydrogen-bond acceptors (Lipinski definition) is 8. The largest absolute Gasteiger partial charge is 0.497 e. The number of carbonyl (C=O) groups is 1. The average molecular weight is 454 g/mol. The lowest BCUT2D eigenvalue weighted by molar-refractivity contribution is -0.111. The lowest BCUT2D eigenvalue weighted by Crippen LogP contribution is -2.07. The van der Waals surface area contributed by atoms with E-state index in [0.717, 1.165) is 11.4 Å². The van der Waals surface area contributed by atoms with Gasteiger partial charge in [-0.25, -0.2) is 9.97 Å². The van der Waals surface area contributed by atoms with Gasteiger partial charge in [-0.1, -0.05) is 12.6 Å². The number of benzene rings is 3. The first-order chi connectivity index (χ1) is 16.6. The van der Waals surface area contributed by atoms with Gasteiger partial charge in [0.25, 0.3) is 0 Å². The summed E-state index contributed by atoms with van der Waals surface area (Å²) in [5.41, 5.74) is 2.12. The molecule has 4 rings (SSSR count). The number of hydrogen-bond donors (Lipinski definition) is 3. The smallest absolute Gasteiger partial charge is 0.247 e. The van der Waals surface area contributed by atoms with Gasteiger partial charge in [-0.15, -0.1) is 0 Å². The van der Waals surface area contributed by atoms with Crippen LogP contribution in [-0.2, 0) is 4.79 Å². The summed E-state index contributed by atoms with van der Waals surface area (Å²) < 4.78 is 11.0. The molecule has 9 nitrogen and oxygen atoms in total. The minimum atomic E-state index is -0.288. The lowest BCUT2D eigenvalue weighted by atomic mass is 10.2. The van der Waals surface area contributed by atoms with Gasteiger partial charge in [0.1, 0.15) is 23.6 Å². The van der Waals surface area contributed by atoms with E-state index in [1.165, 1.54) is 12.4 Å². The maximum absolute atomic E-state index is 11.5. The number of nitrogens with zero attached hydrogens (tertiary/aromatic N) is 3. The Hall–Kier alpha value is -4.92. The van der Waals surface area contributed by atoms with Crippen LogP contribution in [0.5, 0.6) is 17.2 Å². The molecule has 0 bridgehead atoms. The highest BCUT2D eigenvalue weighted by Gasteiger charge is 2.05. The average Bonchev–Trinajstić information content (AvgIpc) is 2.86. The second-order valence-corrected chi connectivity index (χ2v) is 6.96. The molecular weight excluding hydrogens is 432 g/mol. The van der Waals surface area contributed by atoms with Crippen LogP contribution in [0.4, 0.5) is 29.0 Å². The molecule has 0 fully saturated rings. The van der Waals surface area contributed by atoms with Crippen molar-refractivity contribution in [1.82, 2.24) is 15.0 Å². The van der Waals surface area contributed by atoms with Crippen LogP contribution in [-0.4, -0.2) is 28.0 Å². The van der Waals surface area contributed by atoms with Crippen LogP contribution in [0, 0.1) is 0 Å². The van der Waals surface area contributed by atoms with Crippen molar-refractivity contribution in [2.45, 2.75) is 0 Å². The molecule has 0 atom stereocenters. The maximum Gasteiger partial charge on any atom is 0.247 e. The molecular formula is C25H22N6O3. The number of methoxy groups -OCH3 is 1. The Labute approximate surface area is 196 Å². The topological polar surface area (TPSA) is 110 Å². The van der Waals surface area contributed by atoms with Crippen molar-refractivity contribution in [1.29, 1.82) is 0 Å². The van der Waals surface area contributed by atoms with Crippen molar-refractivity contribution < 1.29 is 14.3 Å². The van der Waals surface area contributed by atoms with E-state index < -0.39 is 0 Å². The number of nitrogens with one attached hydrogen (secondary N) is 3. The molecule has 0 saturated carbocycles. The highest BCUT2D eigenvalue weighted by atomic mass is 16.5. The summed E-state index contributed by atoms with van der Waals surface area (Å²) in [5.74, 6) is 2.61. The molecule has 3 N–H and O–H groups in total. The molecule has 0 aliphatic rings. The summed E-state index contributed by atoms with van der Waals surface area (Å²) in [5, 5.41) is 8.95. The number of anilines is 5. The second-order valence-electron chi connectivity index (χ2n) is 6.96. The zero-order valence-electron chi connectivity index (χ0n) is 18.4. The predicted octanol–water partition coefficient (Wildman–Crippen LogP) is 5.28. The van der Waals surface area contributed by atoms with Gasteiger partial charge in [0.05, 0.1) is 7.11 Å². The van der Waals surface area contributed by atoms with Crippen molar-refractivity contribution in [2.75, 3.05) is 23.1 Å². The SMILES string of the molecule is C=CC(=O)Nc1cccc(Nc2ncnc(Nc3ccc(Oc4ccc(OC)cc4)cc3)n2)c1. The molecule has 0 aliphatic carbocycles. The van der Waals surface area contributed by atoms with E-state index >= 15 is 0 Å². The van der Waals surface area contributed by atoms with Crippen molar-refractivity contribution in [2.24, 2.45) is 0 Å². The van der Waals surface area contributed by atoms with Crippen LogP contribution < -0.4 is 25.4 Å². The molecule has 170 valence electrons. The summed E-state index contributed by atoms with van der Waals surface area (Å²) in [6, 6.07) is 21.9. The predicted molar refractivity (Wildman–Crippen MR) is 131 cm³/mol. The third-order valence-electron chi connectivity index (χ3n) is 4.55. The van der Waals surface area contributed by atoms with Gasteiger partial charge in [-0.2, -0.15) is 4.98 Å². The van der Waals surface area contributed by atoms with Gasteiger partial charge in [-0.3, -0.25) is 4.79 Å². The van der Waals surface area contributed by atoms with Gasteiger partial charge in [0.2, 0.25) is 17.8 Å². The van der Waals surface area contributed by atoms with Gasteiger partial charge in [0.15, 0.2) is 0 Å². The first kappa shape index (κ1) is 22.3. The summed E-state index contributed by atoms with van der Waals surface area (Å²) in [7, 11) is 1.62. The highest BCUT2D eigenvalue weighted by molar-refractivity contribution is 5.99. The van der Waals surface area contributed by atoms with Gasteiger partial charge < -0.3 is 25.4 Å². The zero-order chi connectivity index (χ0) is 23.8. The minimum Gasteiger partial charge on any atom is -0.497 e. The Balaban J connectivity index is 1.39. The molecule has 0 unspecified atom stereocenters. The number of ether oxygens (including phenoxy) is 2. The van der Waals surface area contributed by atoms with E-state index in [9.17, 15) is 4.79 Å². The van der Waals surface area contributed by atoms with Crippen LogP contribution >= 0.6 is 0 Å². The van der Waals surface area contributed by atoms with Crippen molar-refractivity contribution in [3.8, 4) is 17.2 Å². The zero-order valence-corrected chi connectivity index (χ0v) is 18.4. The highest BCUT2D eigenvalue weighted by Crippen LogP contribution is 2.26. The molecule has 1 amide bonds. The molecule has 0 radical (unpaired) electrons. The Morgan fingerprint density at radius 3 is 2.06 bits per heavy atom. The van der Waals surface area contributed by atoms with E-state index in [4.69, 9.17) is 9.47 Å². The Morgan fingerprint density at radius 1 is 0.824 bits per heavy atom. The van der Waals surface area contributed by atoms with E-state index in [2.05, 4.69) is 37.5 Å². The van der Waals surface area contributed by atoms with Crippen molar-refractivity contribution in [3.05, 3.63) is 91.8 Å². The molecule has 0 saturated heterocycles. The van der Waals surface area contributed by atoms with E-state index in [1.807, 2.05) is 54.6 Å². The first-order valence-electron chi connectivity index (χ1n) is 10.3. The summed E-state index contributed by atoms with van der Waals surface area (Å²) >= 11 is 0. The van der Waals surface area contributed by atoms with Crippen molar-refractivity contribution in [3.63, 3.8) is 0 Å². The minimum absolute atomic E-state index is 0.288. The van der Waals surface area contributed by atoms with Crippen LogP contribution in [0.3, 0.4) is 0 Å². The normalized spacial score (nSPS) is 10.1. The second kappa shape index (κ2) is 10.6. The van der Waals surface area contributed by atoms with Crippen LogP contribution in [0.1, 0.15) is 0 Å². The van der Waals surface area contributed by atoms with Crippen LogP contribution in [0.2, 0.25) is 0 Å². The van der Waals surface area contributed by atoms with Gasteiger partial charge in [-0.05, 0) is 72.8 Å². The maximum atomic E-state index is 11.5. The Kier molecular flexibility index (Phi) is 6.94. The molecule has 34 heavy (non-hydrogen) atoms. The third-order valence-corrected chi connectivity index (χ3v) is 4.55. The van der Waals surface area contributed by atoms with E-state index in [-0.39, 0.29) is 5.91 Å². The van der Waals surface area contributed by atoms with Gasteiger partial charge >= 0.3 is 0 Å². The quantitative estimate of drug-likeness (QED) is 0.293. The fourth-order valence-corrected chi connectivity index (χ4v) is 2.93. The molecule has 0 aliphatic heterocycles. The molecule has 9 heteroatoms. The fraction of sp³-hybridized carbons (Fsp3) is 0.0400.